The fourth-order valence-corrected chi connectivity index (χ4v) is 2.64. The first-order valence-corrected chi connectivity index (χ1v) is 6.83. The molecule has 0 aliphatic carbocycles. The summed E-state index contributed by atoms with van der Waals surface area (Å²) >= 11 is 1.52. The number of hydrogen-bond donors (Lipinski definition) is 0. The van der Waals surface area contributed by atoms with Crippen LogP contribution in [0.15, 0.2) is 5.38 Å². The Bertz CT molecular complexity index is 703. The fourth-order valence-electron chi connectivity index (χ4n) is 1.79. The van der Waals surface area contributed by atoms with E-state index in [1.54, 1.807) is 18.6 Å². The van der Waals surface area contributed by atoms with Gasteiger partial charge in [0.1, 0.15) is 29.1 Å². The predicted molar refractivity (Wildman–Crippen MR) is 73.0 cm³/mol. The molecule has 0 amide bonds. The maximum atomic E-state index is 9.15. The number of nitriles is 2. The minimum Gasteiger partial charge on any atom is -0.375 e. The first kappa shape index (κ1) is 14.2. The molecule has 0 saturated heterocycles. The van der Waals surface area contributed by atoms with Crippen molar-refractivity contribution in [2.75, 3.05) is 7.11 Å². The summed E-state index contributed by atoms with van der Waals surface area (Å²) in [5, 5.41) is 20.9. The Morgan fingerprint density at radius 2 is 2.15 bits per heavy atom. The van der Waals surface area contributed by atoms with Gasteiger partial charge < -0.3 is 9.30 Å². The molecule has 20 heavy (non-hydrogen) atoms. The van der Waals surface area contributed by atoms with Gasteiger partial charge >= 0.3 is 0 Å². The Labute approximate surface area is 120 Å². The van der Waals surface area contributed by atoms with Crippen LogP contribution in [0.5, 0.6) is 0 Å². The molecule has 7 heteroatoms. The Kier molecular flexibility index (Phi) is 4.14. The number of aromatic nitrogens is 3. The second-order valence-electron chi connectivity index (χ2n) is 4.22. The minimum atomic E-state index is -0.0530. The van der Waals surface area contributed by atoms with Crippen molar-refractivity contribution in [1.29, 1.82) is 10.5 Å². The van der Waals surface area contributed by atoms with Crippen LogP contribution in [-0.2, 0) is 11.3 Å². The van der Waals surface area contributed by atoms with Crippen LogP contribution in [0.3, 0.4) is 0 Å². The summed E-state index contributed by atoms with van der Waals surface area (Å²) in [6.07, 6.45) is -0.0530. The van der Waals surface area contributed by atoms with Gasteiger partial charge in [-0.3, -0.25) is 0 Å². The van der Waals surface area contributed by atoms with Crippen molar-refractivity contribution in [2.45, 2.75) is 26.5 Å². The maximum Gasteiger partial charge on any atom is 0.177 e. The first-order chi connectivity index (χ1) is 9.60. The number of ether oxygens (including phenoxy) is 1. The van der Waals surface area contributed by atoms with Crippen LogP contribution in [0.2, 0.25) is 0 Å². The number of methoxy groups -OCH3 is 1. The van der Waals surface area contributed by atoms with Crippen LogP contribution in [0.1, 0.15) is 40.9 Å². The van der Waals surface area contributed by atoms with E-state index >= 15 is 0 Å². The Hall–Kier alpha value is -2.22. The standard InChI is InChI=1S/C13H13N5OS/c1-8(19-3)13-17-10(7-20-13)6-18-9(2)16-11(4-14)12(18)5-15/h7-8H,6H2,1-3H3/t8-/m1/s1. The van der Waals surface area contributed by atoms with E-state index in [1.807, 2.05) is 24.4 Å². The zero-order chi connectivity index (χ0) is 14.7. The summed E-state index contributed by atoms with van der Waals surface area (Å²) in [5.74, 6) is 0.632. The smallest absolute Gasteiger partial charge is 0.177 e. The van der Waals surface area contributed by atoms with Crippen LogP contribution in [0, 0.1) is 29.6 Å². The molecule has 6 nitrogen and oxygen atoms in total. The summed E-state index contributed by atoms with van der Waals surface area (Å²) < 4.78 is 6.93. The van der Waals surface area contributed by atoms with E-state index in [1.165, 1.54) is 11.3 Å². The number of hydrogen-bond acceptors (Lipinski definition) is 6. The molecule has 0 aromatic carbocycles. The van der Waals surface area contributed by atoms with E-state index < -0.39 is 0 Å². The van der Waals surface area contributed by atoms with E-state index in [-0.39, 0.29) is 17.5 Å². The lowest BCUT2D eigenvalue weighted by molar-refractivity contribution is 0.119. The summed E-state index contributed by atoms with van der Waals surface area (Å²) in [7, 11) is 1.64. The Balaban J connectivity index is 2.32. The molecule has 0 bridgehead atoms. The monoisotopic (exact) mass is 287 g/mol. The number of imidazole rings is 1. The first-order valence-electron chi connectivity index (χ1n) is 5.95. The Morgan fingerprint density at radius 3 is 2.75 bits per heavy atom. The second-order valence-corrected chi connectivity index (χ2v) is 5.11. The van der Waals surface area contributed by atoms with Crippen LogP contribution < -0.4 is 0 Å². The molecule has 2 aromatic heterocycles. The van der Waals surface area contributed by atoms with E-state index in [0.29, 0.717) is 12.4 Å². The summed E-state index contributed by atoms with van der Waals surface area (Å²) in [4.78, 5) is 8.56. The molecule has 2 aromatic rings. The normalized spacial score (nSPS) is 11.8. The fraction of sp³-hybridized carbons (Fsp3) is 0.385. The van der Waals surface area contributed by atoms with Crippen molar-refractivity contribution in [3.63, 3.8) is 0 Å². The molecule has 0 unspecified atom stereocenters. The van der Waals surface area contributed by atoms with Gasteiger partial charge in [-0.25, -0.2) is 9.97 Å². The van der Waals surface area contributed by atoms with Crippen molar-refractivity contribution in [3.8, 4) is 12.1 Å². The summed E-state index contributed by atoms with van der Waals surface area (Å²) in [5.41, 5.74) is 1.26. The highest BCUT2D eigenvalue weighted by atomic mass is 32.1. The molecule has 0 fully saturated rings. The van der Waals surface area contributed by atoms with Crippen LogP contribution in [-0.4, -0.2) is 21.6 Å². The largest absolute Gasteiger partial charge is 0.375 e. The molecule has 0 aliphatic heterocycles. The molecule has 1 atom stereocenters. The van der Waals surface area contributed by atoms with Gasteiger partial charge in [0.05, 0.1) is 12.2 Å². The number of aryl methyl sites for hydroxylation is 1. The van der Waals surface area contributed by atoms with E-state index in [9.17, 15) is 0 Å². The van der Waals surface area contributed by atoms with Crippen molar-refractivity contribution >= 4 is 11.3 Å². The zero-order valence-corrected chi connectivity index (χ0v) is 12.2. The molecule has 2 heterocycles. The van der Waals surface area contributed by atoms with Gasteiger partial charge in [0, 0.05) is 12.5 Å². The highest BCUT2D eigenvalue weighted by Gasteiger charge is 2.16. The van der Waals surface area contributed by atoms with Gasteiger partial charge in [-0.2, -0.15) is 10.5 Å². The molecule has 0 spiro atoms. The molecule has 0 radical (unpaired) electrons. The van der Waals surface area contributed by atoms with Gasteiger partial charge in [0.15, 0.2) is 11.4 Å². The molecular weight excluding hydrogens is 274 g/mol. The second kappa shape index (κ2) is 5.83. The van der Waals surface area contributed by atoms with Crippen molar-refractivity contribution in [3.05, 3.63) is 33.3 Å². The van der Waals surface area contributed by atoms with Gasteiger partial charge in [-0.05, 0) is 13.8 Å². The quantitative estimate of drug-likeness (QED) is 0.859. The molecule has 0 N–H and O–H groups in total. The van der Waals surface area contributed by atoms with E-state index in [4.69, 9.17) is 15.3 Å². The summed E-state index contributed by atoms with van der Waals surface area (Å²) in [6.45, 7) is 4.13. The number of rotatable bonds is 4. The zero-order valence-electron chi connectivity index (χ0n) is 11.4. The third kappa shape index (κ3) is 2.55. The molecule has 2 rings (SSSR count). The van der Waals surface area contributed by atoms with Gasteiger partial charge in [0.25, 0.3) is 0 Å². The highest BCUT2D eigenvalue weighted by molar-refractivity contribution is 7.09. The number of thiazole rings is 1. The molecular formula is C13H13N5OS. The lowest BCUT2D eigenvalue weighted by atomic mass is 10.3. The lowest BCUT2D eigenvalue weighted by Gasteiger charge is -2.05. The maximum absolute atomic E-state index is 9.15. The van der Waals surface area contributed by atoms with Crippen LogP contribution >= 0.6 is 11.3 Å². The summed E-state index contributed by atoms with van der Waals surface area (Å²) in [6, 6.07) is 3.96. The van der Waals surface area contributed by atoms with Crippen molar-refractivity contribution in [1.82, 2.24) is 14.5 Å². The molecule has 102 valence electrons. The number of nitrogens with zero attached hydrogens (tertiary/aromatic N) is 5. The third-order valence-corrected chi connectivity index (χ3v) is 4.02. The minimum absolute atomic E-state index is 0.0530. The Morgan fingerprint density at radius 1 is 1.40 bits per heavy atom. The van der Waals surface area contributed by atoms with Crippen molar-refractivity contribution in [2.24, 2.45) is 0 Å². The average Bonchev–Trinajstić information content (AvgIpc) is 3.04. The van der Waals surface area contributed by atoms with E-state index in [2.05, 4.69) is 9.97 Å². The van der Waals surface area contributed by atoms with E-state index in [0.717, 1.165) is 10.7 Å². The van der Waals surface area contributed by atoms with Crippen molar-refractivity contribution < 1.29 is 4.74 Å². The predicted octanol–water partition coefficient (Wildman–Crippen LogP) is 2.15. The molecule has 0 aliphatic rings. The highest BCUT2D eigenvalue weighted by Crippen LogP contribution is 2.21. The topological polar surface area (TPSA) is 87.5 Å². The lowest BCUT2D eigenvalue weighted by Crippen LogP contribution is -2.06. The third-order valence-electron chi connectivity index (χ3n) is 2.96. The van der Waals surface area contributed by atoms with Gasteiger partial charge in [-0.15, -0.1) is 11.3 Å². The van der Waals surface area contributed by atoms with Crippen LogP contribution in [0.4, 0.5) is 0 Å². The van der Waals surface area contributed by atoms with Crippen LogP contribution in [0.25, 0.3) is 0 Å². The van der Waals surface area contributed by atoms with Gasteiger partial charge in [0.2, 0.25) is 0 Å². The molecule has 0 saturated carbocycles. The van der Waals surface area contributed by atoms with Gasteiger partial charge in [-0.1, -0.05) is 0 Å². The average molecular weight is 287 g/mol. The SMILES string of the molecule is CO[C@H](C)c1nc(Cn2c(C)nc(C#N)c2C#N)cs1.